The zero-order chi connectivity index (χ0) is 15.4. The molecule has 0 unspecified atom stereocenters. The van der Waals surface area contributed by atoms with E-state index in [4.69, 9.17) is 6.57 Å². The van der Waals surface area contributed by atoms with Gasteiger partial charge in [-0.1, -0.05) is 0 Å². The third-order valence-electron chi connectivity index (χ3n) is 3.22. The first-order valence-electron chi connectivity index (χ1n) is 6.47. The van der Waals surface area contributed by atoms with Crippen molar-refractivity contribution >= 4 is 5.69 Å². The SMILES string of the molecule is [C-]#[N+]c1cc(-c2ccncc2)c(C#N)cc1-c1cccnn1. The Morgan fingerprint density at radius 2 is 1.86 bits per heavy atom. The van der Waals surface area contributed by atoms with Crippen LogP contribution in [0.2, 0.25) is 0 Å². The molecule has 2 aromatic heterocycles. The van der Waals surface area contributed by atoms with Crippen LogP contribution in [0.3, 0.4) is 0 Å². The summed E-state index contributed by atoms with van der Waals surface area (Å²) in [5, 5.41) is 17.3. The molecule has 1 aromatic carbocycles. The Morgan fingerprint density at radius 1 is 1.05 bits per heavy atom. The quantitative estimate of drug-likeness (QED) is 0.673. The van der Waals surface area contributed by atoms with Gasteiger partial charge < -0.3 is 0 Å². The molecule has 0 fully saturated rings. The van der Waals surface area contributed by atoms with E-state index in [2.05, 4.69) is 26.1 Å². The minimum Gasteiger partial charge on any atom is -0.265 e. The Balaban J connectivity index is 2.25. The lowest BCUT2D eigenvalue weighted by Crippen LogP contribution is -1.90. The van der Waals surface area contributed by atoms with Gasteiger partial charge in [0.1, 0.15) is 0 Å². The highest BCUT2D eigenvalue weighted by atomic mass is 15.1. The zero-order valence-electron chi connectivity index (χ0n) is 11.4. The number of hydrogen-bond acceptors (Lipinski definition) is 4. The van der Waals surface area contributed by atoms with Crippen LogP contribution < -0.4 is 0 Å². The number of hydrogen-bond donors (Lipinski definition) is 0. The first kappa shape index (κ1) is 13.4. The summed E-state index contributed by atoms with van der Waals surface area (Å²) in [4.78, 5) is 7.54. The summed E-state index contributed by atoms with van der Waals surface area (Å²) in [7, 11) is 0. The summed E-state index contributed by atoms with van der Waals surface area (Å²) in [6.07, 6.45) is 4.88. The molecule has 3 aromatic rings. The van der Waals surface area contributed by atoms with Crippen LogP contribution >= 0.6 is 0 Å². The van der Waals surface area contributed by atoms with E-state index in [0.29, 0.717) is 28.1 Å². The summed E-state index contributed by atoms with van der Waals surface area (Å²) in [6.45, 7) is 7.40. The van der Waals surface area contributed by atoms with Gasteiger partial charge in [0.15, 0.2) is 5.69 Å². The molecule has 2 heterocycles. The summed E-state index contributed by atoms with van der Waals surface area (Å²) in [6, 6.07) is 12.7. The highest BCUT2D eigenvalue weighted by Gasteiger charge is 2.13. The fraction of sp³-hybridized carbons (Fsp3) is 0. The second-order valence-electron chi connectivity index (χ2n) is 4.48. The van der Waals surface area contributed by atoms with Gasteiger partial charge in [-0.25, -0.2) is 4.85 Å². The molecular weight excluding hydrogens is 274 g/mol. The largest absolute Gasteiger partial charge is 0.265 e. The average molecular weight is 283 g/mol. The molecule has 0 aliphatic carbocycles. The fourth-order valence-electron chi connectivity index (χ4n) is 2.19. The maximum Gasteiger partial charge on any atom is 0.197 e. The number of nitriles is 1. The zero-order valence-corrected chi connectivity index (χ0v) is 11.4. The van der Waals surface area contributed by atoms with Crippen molar-refractivity contribution in [3.8, 4) is 28.5 Å². The highest BCUT2D eigenvalue weighted by molar-refractivity contribution is 5.85. The smallest absolute Gasteiger partial charge is 0.197 e. The lowest BCUT2D eigenvalue weighted by atomic mass is 9.96. The second-order valence-corrected chi connectivity index (χ2v) is 4.48. The highest BCUT2D eigenvalue weighted by Crippen LogP contribution is 2.35. The van der Waals surface area contributed by atoms with Crippen LogP contribution in [-0.4, -0.2) is 15.2 Å². The van der Waals surface area contributed by atoms with Crippen molar-refractivity contribution in [3.63, 3.8) is 0 Å². The number of benzene rings is 1. The molecule has 0 radical (unpaired) electrons. The topological polar surface area (TPSA) is 66.8 Å². The van der Waals surface area contributed by atoms with Crippen LogP contribution in [0.4, 0.5) is 5.69 Å². The van der Waals surface area contributed by atoms with Crippen molar-refractivity contribution in [1.29, 1.82) is 5.26 Å². The number of aromatic nitrogens is 3. The third-order valence-corrected chi connectivity index (χ3v) is 3.22. The summed E-state index contributed by atoms with van der Waals surface area (Å²) in [5.41, 5.74) is 3.67. The van der Waals surface area contributed by atoms with E-state index in [1.165, 1.54) is 0 Å². The van der Waals surface area contributed by atoms with Crippen LogP contribution in [0.15, 0.2) is 55.0 Å². The molecule has 0 aliphatic rings. The Kier molecular flexibility index (Phi) is 3.55. The van der Waals surface area contributed by atoms with Crippen molar-refractivity contribution in [2.75, 3.05) is 0 Å². The van der Waals surface area contributed by atoms with Gasteiger partial charge in [0.2, 0.25) is 0 Å². The maximum atomic E-state index is 9.44. The van der Waals surface area contributed by atoms with E-state index in [1.54, 1.807) is 42.9 Å². The van der Waals surface area contributed by atoms with Gasteiger partial charge in [0, 0.05) is 24.2 Å². The van der Waals surface area contributed by atoms with Crippen molar-refractivity contribution in [2.24, 2.45) is 0 Å². The Labute approximate surface area is 127 Å². The minimum atomic E-state index is 0.436. The molecule has 0 saturated heterocycles. The van der Waals surface area contributed by atoms with Crippen molar-refractivity contribution < 1.29 is 0 Å². The first-order valence-corrected chi connectivity index (χ1v) is 6.47. The normalized spacial score (nSPS) is 9.73. The van der Waals surface area contributed by atoms with E-state index >= 15 is 0 Å². The van der Waals surface area contributed by atoms with Crippen molar-refractivity contribution in [3.05, 3.63) is 72.0 Å². The number of rotatable bonds is 2. The molecule has 0 bridgehead atoms. The molecule has 0 atom stereocenters. The van der Waals surface area contributed by atoms with Crippen LogP contribution in [0.5, 0.6) is 0 Å². The fourth-order valence-corrected chi connectivity index (χ4v) is 2.19. The van der Waals surface area contributed by atoms with Gasteiger partial charge in [0.05, 0.1) is 23.9 Å². The van der Waals surface area contributed by atoms with Gasteiger partial charge >= 0.3 is 0 Å². The van der Waals surface area contributed by atoms with Gasteiger partial charge in [-0.05, 0) is 47.5 Å². The molecule has 0 amide bonds. The second kappa shape index (κ2) is 5.82. The maximum absolute atomic E-state index is 9.44. The van der Waals surface area contributed by atoms with E-state index in [1.807, 2.05) is 12.1 Å². The summed E-state index contributed by atoms with van der Waals surface area (Å²) < 4.78 is 0. The lowest BCUT2D eigenvalue weighted by molar-refractivity contribution is 1.04. The predicted octanol–water partition coefficient (Wildman–Crippen LogP) is 3.63. The Hall–Kier alpha value is -3.57. The molecule has 102 valence electrons. The molecule has 22 heavy (non-hydrogen) atoms. The minimum absolute atomic E-state index is 0.436. The Morgan fingerprint density at radius 3 is 2.50 bits per heavy atom. The van der Waals surface area contributed by atoms with Crippen molar-refractivity contribution in [1.82, 2.24) is 15.2 Å². The van der Waals surface area contributed by atoms with Gasteiger partial charge in [0.25, 0.3) is 0 Å². The molecule has 3 rings (SSSR count). The molecule has 0 spiro atoms. The average Bonchev–Trinajstić information content (AvgIpc) is 2.62. The summed E-state index contributed by atoms with van der Waals surface area (Å²) in [5.74, 6) is 0. The Bertz CT molecular complexity index is 813. The van der Waals surface area contributed by atoms with Crippen LogP contribution in [0, 0.1) is 17.9 Å². The molecule has 0 N–H and O–H groups in total. The summed E-state index contributed by atoms with van der Waals surface area (Å²) >= 11 is 0. The van der Waals surface area contributed by atoms with Crippen LogP contribution in [-0.2, 0) is 0 Å². The molecule has 0 saturated carbocycles. The van der Waals surface area contributed by atoms with E-state index in [-0.39, 0.29) is 0 Å². The molecular formula is C17H9N5. The predicted molar refractivity (Wildman–Crippen MR) is 81.7 cm³/mol. The van der Waals surface area contributed by atoms with Gasteiger partial charge in [-0.2, -0.15) is 15.5 Å². The first-order chi connectivity index (χ1) is 10.8. The van der Waals surface area contributed by atoms with Crippen molar-refractivity contribution in [2.45, 2.75) is 0 Å². The van der Waals surface area contributed by atoms with E-state index in [9.17, 15) is 5.26 Å². The third kappa shape index (κ3) is 2.39. The standard InChI is InChI=1S/C17H9N5/c1-19-17-10-14(12-4-7-20-8-5-12)13(11-18)9-15(17)16-3-2-6-21-22-16/h2-10H. The molecule has 5 heteroatoms. The number of nitrogens with zero attached hydrogens (tertiary/aromatic N) is 5. The van der Waals surface area contributed by atoms with Crippen LogP contribution in [0.1, 0.15) is 5.56 Å². The van der Waals surface area contributed by atoms with Crippen LogP contribution in [0.25, 0.3) is 27.2 Å². The molecule has 5 nitrogen and oxygen atoms in total. The van der Waals surface area contributed by atoms with Gasteiger partial charge in [-0.15, -0.1) is 0 Å². The monoisotopic (exact) mass is 283 g/mol. The number of pyridine rings is 1. The molecule has 0 aliphatic heterocycles. The lowest BCUT2D eigenvalue weighted by Gasteiger charge is -2.09. The van der Waals surface area contributed by atoms with E-state index < -0.39 is 0 Å². The van der Waals surface area contributed by atoms with E-state index in [0.717, 1.165) is 5.56 Å². The van der Waals surface area contributed by atoms with Gasteiger partial charge in [-0.3, -0.25) is 4.98 Å².